The molecule has 23 heavy (non-hydrogen) atoms. The highest BCUT2D eigenvalue weighted by Crippen LogP contribution is 2.29. The van der Waals surface area contributed by atoms with Gasteiger partial charge in [-0.3, -0.25) is 4.79 Å². The van der Waals surface area contributed by atoms with Crippen LogP contribution in [-0.4, -0.2) is 54.6 Å². The van der Waals surface area contributed by atoms with E-state index in [0.717, 1.165) is 23.6 Å². The van der Waals surface area contributed by atoms with E-state index in [4.69, 9.17) is 27.9 Å². The summed E-state index contributed by atoms with van der Waals surface area (Å²) in [6, 6.07) is 5.79. The molecule has 7 heteroatoms. The summed E-state index contributed by atoms with van der Waals surface area (Å²) in [4.78, 5) is 14.4. The van der Waals surface area contributed by atoms with Crippen molar-refractivity contribution >= 4 is 40.9 Å². The zero-order valence-electron chi connectivity index (χ0n) is 12.8. The number of halogens is 2. The highest BCUT2D eigenvalue weighted by molar-refractivity contribution is 7.99. The smallest absolute Gasteiger partial charge is 0.224 e. The van der Waals surface area contributed by atoms with Gasteiger partial charge in [0.1, 0.15) is 6.10 Å². The van der Waals surface area contributed by atoms with Gasteiger partial charge in [-0.05, 0) is 17.7 Å². The van der Waals surface area contributed by atoms with Gasteiger partial charge in [0.2, 0.25) is 5.91 Å². The third-order valence-electron chi connectivity index (χ3n) is 4.15. The average Bonchev–Trinajstić information content (AvgIpc) is 2.58. The minimum atomic E-state index is -0.142. The molecule has 1 N–H and O–H groups in total. The second kappa shape index (κ2) is 8.08. The van der Waals surface area contributed by atoms with Crippen LogP contribution < -0.4 is 5.32 Å². The molecule has 0 saturated carbocycles. The molecule has 2 fully saturated rings. The van der Waals surface area contributed by atoms with Crippen LogP contribution in [0.2, 0.25) is 10.0 Å². The molecule has 126 valence electrons. The first-order valence-electron chi connectivity index (χ1n) is 7.79. The maximum atomic E-state index is 12.5. The number of thioether (sulfide) groups is 1. The highest BCUT2D eigenvalue weighted by atomic mass is 35.5. The van der Waals surface area contributed by atoms with E-state index >= 15 is 0 Å². The summed E-state index contributed by atoms with van der Waals surface area (Å²) >= 11 is 14.0. The van der Waals surface area contributed by atoms with Crippen LogP contribution in [0.4, 0.5) is 0 Å². The average molecular weight is 375 g/mol. The number of rotatable bonds is 3. The molecule has 2 saturated heterocycles. The van der Waals surface area contributed by atoms with Crippen molar-refractivity contribution in [3.63, 3.8) is 0 Å². The van der Waals surface area contributed by atoms with Crippen molar-refractivity contribution in [1.82, 2.24) is 10.2 Å². The number of ether oxygens (including phenoxy) is 1. The van der Waals surface area contributed by atoms with Crippen LogP contribution in [0.5, 0.6) is 0 Å². The van der Waals surface area contributed by atoms with Crippen molar-refractivity contribution < 1.29 is 9.53 Å². The van der Waals surface area contributed by atoms with Crippen LogP contribution in [0.3, 0.4) is 0 Å². The van der Waals surface area contributed by atoms with Gasteiger partial charge in [-0.15, -0.1) is 0 Å². The number of carbonyl (C=O) groups is 1. The third kappa shape index (κ3) is 4.54. The molecule has 0 bridgehead atoms. The highest BCUT2D eigenvalue weighted by Gasteiger charge is 2.27. The Labute approximate surface area is 150 Å². The van der Waals surface area contributed by atoms with Crippen molar-refractivity contribution in [3.8, 4) is 0 Å². The quantitative estimate of drug-likeness (QED) is 0.882. The molecule has 2 atom stereocenters. The summed E-state index contributed by atoms with van der Waals surface area (Å²) in [6.07, 6.45) is 0.414. The van der Waals surface area contributed by atoms with Gasteiger partial charge in [-0.25, -0.2) is 0 Å². The van der Waals surface area contributed by atoms with Crippen LogP contribution >= 0.6 is 35.0 Å². The predicted molar refractivity (Wildman–Crippen MR) is 95.5 cm³/mol. The zero-order chi connectivity index (χ0) is 16.2. The molecule has 2 unspecified atom stereocenters. The molecular weight excluding hydrogens is 355 g/mol. The van der Waals surface area contributed by atoms with Crippen LogP contribution in [0.1, 0.15) is 18.1 Å². The first kappa shape index (κ1) is 17.4. The lowest BCUT2D eigenvalue weighted by Crippen LogP contribution is -2.46. The van der Waals surface area contributed by atoms with Crippen molar-refractivity contribution in [3.05, 3.63) is 33.8 Å². The zero-order valence-corrected chi connectivity index (χ0v) is 15.1. The van der Waals surface area contributed by atoms with E-state index in [1.807, 2.05) is 28.8 Å². The Balaban J connectivity index is 1.60. The van der Waals surface area contributed by atoms with E-state index in [0.29, 0.717) is 36.2 Å². The summed E-state index contributed by atoms with van der Waals surface area (Å²) in [5.41, 5.74) is 0.961. The lowest BCUT2D eigenvalue weighted by Gasteiger charge is -2.34. The fraction of sp³-hybridized carbons (Fsp3) is 0.562. The lowest BCUT2D eigenvalue weighted by molar-refractivity contribution is -0.139. The number of nitrogens with one attached hydrogen (secondary N) is 1. The second-order valence-corrected chi connectivity index (χ2v) is 7.77. The lowest BCUT2D eigenvalue weighted by atomic mass is 10.1. The van der Waals surface area contributed by atoms with Gasteiger partial charge in [0.15, 0.2) is 0 Å². The molecule has 0 aliphatic carbocycles. The Morgan fingerprint density at radius 2 is 2.26 bits per heavy atom. The summed E-state index contributed by atoms with van der Waals surface area (Å²) in [5, 5.41) is 4.46. The van der Waals surface area contributed by atoms with Gasteiger partial charge < -0.3 is 15.0 Å². The monoisotopic (exact) mass is 374 g/mol. The normalized spacial score (nSPS) is 25.4. The summed E-state index contributed by atoms with van der Waals surface area (Å²) in [6.45, 7) is 2.74. The molecule has 3 rings (SSSR count). The van der Waals surface area contributed by atoms with Gasteiger partial charge in [-0.2, -0.15) is 11.8 Å². The summed E-state index contributed by atoms with van der Waals surface area (Å²) in [5.74, 6) is 2.33. The fourth-order valence-electron chi connectivity index (χ4n) is 2.88. The number of hydrogen-bond donors (Lipinski definition) is 1. The van der Waals surface area contributed by atoms with Crippen LogP contribution in [0, 0.1) is 0 Å². The minimum absolute atomic E-state index is 0.142. The third-order valence-corrected chi connectivity index (χ3v) is 6.02. The van der Waals surface area contributed by atoms with Crippen molar-refractivity contribution in [2.24, 2.45) is 0 Å². The van der Waals surface area contributed by atoms with E-state index in [2.05, 4.69) is 5.32 Å². The van der Waals surface area contributed by atoms with Gasteiger partial charge in [0.25, 0.3) is 0 Å². The number of benzene rings is 1. The first-order chi connectivity index (χ1) is 11.1. The van der Waals surface area contributed by atoms with Crippen LogP contribution in [0.25, 0.3) is 0 Å². The van der Waals surface area contributed by atoms with Crippen molar-refractivity contribution in [2.75, 3.05) is 37.7 Å². The van der Waals surface area contributed by atoms with Gasteiger partial charge in [0.05, 0.1) is 23.2 Å². The van der Waals surface area contributed by atoms with Crippen LogP contribution in [-0.2, 0) is 9.53 Å². The second-order valence-electron chi connectivity index (χ2n) is 5.80. The Morgan fingerprint density at radius 3 is 3.00 bits per heavy atom. The van der Waals surface area contributed by atoms with Crippen LogP contribution in [0.15, 0.2) is 18.2 Å². The minimum Gasteiger partial charge on any atom is -0.370 e. The molecular formula is C16H20Cl2N2O2S. The molecule has 2 aliphatic heterocycles. The molecule has 2 aliphatic rings. The molecule has 2 heterocycles. The molecule has 0 aromatic heterocycles. The van der Waals surface area contributed by atoms with E-state index in [9.17, 15) is 4.79 Å². The molecule has 1 amide bonds. The standard InChI is InChI=1S/C16H20Cl2N2O2S/c17-13-2-1-11(7-14(13)18)15-9-20(4-5-22-15)16(21)8-12-10-23-6-3-19-12/h1-2,7,12,15,19H,3-6,8-10H2. The van der Waals surface area contributed by atoms with E-state index in [-0.39, 0.29) is 18.1 Å². The van der Waals surface area contributed by atoms with E-state index in [1.165, 1.54) is 0 Å². The number of amides is 1. The SMILES string of the molecule is O=C(CC1CSCCN1)N1CCOC(c2ccc(Cl)c(Cl)c2)C1. The van der Waals surface area contributed by atoms with Crippen molar-refractivity contribution in [1.29, 1.82) is 0 Å². The molecule has 1 aromatic rings. The largest absolute Gasteiger partial charge is 0.370 e. The Kier molecular flexibility index (Phi) is 6.10. The topological polar surface area (TPSA) is 41.6 Å². The Hall–Kier alpha value is -0.460. The van der Waals surface area contributed by atoms with E-state index in [1.54, 1.807) is 6.07 Å². The number of carbonyl (C=O) groups excluding carboxylic acids is 1. The Morgan fingerprint density at radius 1 is 1.39 bits per heavy atom. The predicted octanol–water partition coefficient (Wildman–Crippen LogP) is 2.99. The summed E-state index contributed by atoms with van der Waals surface area (Å²) < 4.78 is 5.81. The first-order valence-corrected chi connectivity index (χ1v) is 9.70. The molecule has 0 spiro atoms. The van der Waals surface area contributed by atoms with Gasteiger partial charge >= 0.3 is 0 Å². The summed E-state index contributed by atoms with van der Waals surface area (Å²) in [7, 11) is 0. The molecule has 1 aromatic carbocycles. The maximum absolute atomic E-state index is 12.5. The molecule has 4 nitrogen and oxygen atoms in total. The number of hydrogen-bond acceptors (Lipinski definition) is 4. The fourth-order valence-corrected chi connectivity index (χ4v) is 4.14. The van der Waals surface area contributed by atoms with E-state index < -0.39 is 0 Å². The van der Waals surface area contributed by atoms with Crippen molar-refractivity contribution in [2.45, 2.75) is 18.6 Å². The molecule has 0 radical (unpaired) electrons. The Bertz CT molecular complexity index is 567. The van der Waals surface area contributed by atoms with Gasteiger partial charge in [0, 0.05) is 37.1 Å². The van der Waals surface area contributed by atoms with Gasteiger partial charge in [-0.1, -0.05) is 29.3 Å². The number of morpholine rings is 1. The maximum Gasteiger partial charge on any atom is 0.224 e. The number of nitrogens with zero attached hydrogens (tertiary/aromatic N) is 1.